The smallest absolute Gasteiger partial charge is 0.223 e. The highest BCUT2D eigenvalue weighted by atomic mass is 16.5. The summed E-state index contributed by atoms with van der Waals surface area (Å²) in [6, 6.07) is 24.7. The molecular formula is C30H34N4O2. The molecule has 0 saturated carbocycles. The maximum atomic E-state index is 13.0. The highest BCUT2D eigenvalue weighted by Gasteiger charge is 2.28. The van der Waals surface area contributed by atoms with Crippen molar-refractivity contribution in [3.63, 3.8) is 0 Å². The molecule has 1 amide bonds. The molecule has 0 unspecified atom stereocenters. The third-order valence-corrected chi connectivity index (χ3v) is 7.10. The maximum Gasteiger partial charge on any atom is 0.223 e. The van der Waals surface area contributed by atoms with E-state index in [1.165, 1.54) is 11.1 Å². The van der Waals surface area contributed by atoms with Gasteiger partial charge in [-0.15, -0.1) is 0 Å². The minimum absolute atomic E-state index is 0.00898. The number of fused-ring (bicyclic) bond motifs is 1. The van der Waals surface area contributed by atoms with E-state index < -0.39 is 0 Å². The third-order valence-electron chi connectivity index (χ3n) is 7.10. The van der Waals surface area contributed by atoms with Crippen molar-refractivity contribution < 1.29 is 9.53 Å². The molecule has 5 rings (SSSR count). The van der Waals surface area contributed by atoms with E-state index in [1.54, 1.807) is 0 Å². The Bertz CT molecular complexity index is 1340. The van der Waals surface area contributed by atoms with Gasteiger partial charge in [0.1, 0.15) is 5.75 Å². The first kappa shape index (κ1) is 23.9. The summed E-state index contributed by atoms with van der Waals surface area (Å²) in [7, 11) is 0. The Hall–Kier alpha value is -3.80. The Morgan fingerprint density at radius 2 is 1.67 bits per heavy atom. The molecule has 1 fully saturated rings. The molecule has 1 aromatic heterocycles. The van der Waals surface area contributed by atoms with Crippen molar-refractivity contribution in [2.75, 3.05) is 24.6 Å². The number of aromatic nitrogens is 2. The second-order valence-electron chi connectivity index (χ2n) is 9.43. The van der Waals surface area contributed by atoms with Gasteiger partial charge in [0.05, 0.1) is 24.2 Å². The summed E-state index contributed by atoms with van der Waals surface area (Å²) >= 11 is 0. The lowest BCUT2D eigenvalue weighted by atomic mass is 9.96. The fraction of sp³-hybridized carbons (Fsp3) is 0.333. The van der Waals surface area contributed by atoms with Gasteiger partial charge in [-0.25, -0.2) is 4.98 Å². The molecular weight excluding hydrogens is 448 g/mol. The zero-order chi connectivity index (χ0) is 24.9. The van der Waals surface area contributed by atoms with Crippen molar-refractivity contribution >= 4 is 22.9 Å². The predicted octanol–water partition coefficient (Wildman–Crippen LogP) is 5.32. The summed E-state index contributed by atoms with van der Waals surface area (Å²) < 4.78 is 8.02. The Morgan fingerprint density at radius 3 is 2.44 bits per heavy atom. The number of benzene rings is 3. The number of anilines is 1. The van der Waals surface area contributed by atoms with Crippen LogP contribution in [0.2, 0.25) is 0 Å². The first-order valence-corrected chi connectivity index (χ1v) is 12.9. The van der Waals surface area contributed by atoms with Crippen LogP contribution in [0.1, 0.15) is 36.5 Å². The molecule has 6 nitrogen and oxygen atoms in total. The third kappa shape index (κ3) is 5.08. The molecule has 36 heavy (non-hydrogen) atoms. The molecule has 1 aliphatic heterocycles. The van der Waals surface area contributed by atoms with E-state index >= 15 is 0 Å². The summed E-state index contributed by atoms with van der Waals surface area (Å²) in [5, 5.41) is 3.14. The quantitative estimate of drug-likeness (QED) is 0.369. The number of ether oxygens (including phenoxy) is 1. The lowest BCUT2D eigenvalue weighted by molar-refractivity contribution is -0.125. The standard InChI is InChI=1S/C30H34N4O2/c1-3-36-28-15-9-6-11-24(28)20-31-29(35)23-16-18-33(19-17-23)30-32-26-13-7-8-14-27(26)34(30)21-25-12-5-4-10-22(25)2/h4-15,23H,3,16-21H2,1-2H3,(H,31,35). The zero-order valence-electron chi connectivity index (χ0n) is 21.1. The van der Waals surface area contributed by atoms with E-state index in [0.717, 1.165) is 60.8 Å². The van der Waals surface area contributed by atoms with Gasteiger partial charge >= 0.3 is 0 Å². The van der Waals surface area contributed by atoms with Crippen LogP contribution in [0.25, 0.3) is 11.0 Å². The number of carbonyl (C=O) groups is 1. The number of hydrogen-bond acceptors (Lipinski definition) is 4. The van der Waals surface area contributed by atoms with Crippen molar-refractivity contribution in [3.8, 4) is 5.75 Å². The average Bonchev–Trinajstić information content (AvgIpc) is 3.28. The van der Waals surface area contributed by atoms with Crippen molar-refractivity contribution in [1.29, 1.82) is 0 Å². The monoisotopic (exact) mass is 482 g/mol. The van der Waals surface area contributed by atoms with E-state index in [4.69, 9.17) is 9.72 Å². The van der Waals surface area contributed by atoms with Gasteiger partial charge in [0, 0.05) is 31.1 Å². The van der Waals surface area contributed by atoms with E-state index in [1.807, 2.05) is 37.3 Å². The van der Waals surface area contributed by atoms with Gasteiger partial charge in [0.25, 0.3) is 0 Å². The predicted molar refractivity (Wildman–Crippen MR) is 144 cm³/mol. The molecule has 0 atom stereocenters. The first-order valence-electron chi connectivity index (χ1n) is 12.9. The molecule has 186 valence electrons. The largest absolute Gasteiger partial charge is 0.494 e. The van der Waals surface area contributed by atoms with Gasteiger partial charge in [-0.1, -0.05) is 54.6 Å². The lowest BCUT2D eigenvalue weighted by Crippen LogP contribution is -2.41. The number of nitrogens with zero attached hydrogens (tertiary/aromatic N) is 3. The van der Waals surface area contributed by atoms with Gasteiger partial charge < -0.3 is 19.5 Å². The van der Waals surface area contributed by atoms with E-state index in [9.17, 15) is 4.79 Å². The zero-order valence-corrected chi connectivity index (χ0v) is 21.1. The molecule has 4 aromatic rings. The number of hydrogen-bond donors (Lipinski definition) is 1. The van der Waals surface area contributed by atoms with Crippen LogP contribution in [0.15, 0.2) is 72.8 Å². The van der Waals surface area contributed by atoms with E-state index in [-0.39, 0.29) is 11.8 Å². The van der Waals surface area contributed by atoms with Crippen LogP contribution < -0.4 is 15.0 Å². The molecule has 1 aliphatic rings. The fourth-order valence-electron chi connectivity index (χ4n) is 5.03. The number of amides is 1. The number of rotatable bonds is 8. The van der Waals surface area contributed by atoms with E-state index in [0.29, 0.717) is 13.2 Å². The number of piperidine rings is 1. The van der Waals surface area contributed by atoms with Gasteiger partial charge in [-0.2, -0.15) is 0 Å². The van der Waals surface area contributed by atoms with Gasteiger partial charge in [0.15, 0.2) is 0 Å². The normalized spacial score (nSPS) is 14.2. The number of imidazole rings is 1. The van der Waals surface area contributed by atoms with Gasteiger partial charge in [0.2, 0.25) is 11.9 Å². The van der Waals surface area contributed by atoms with Crippen molar-refractivity contribution in [1.82, 2.24) is 14.9 Å². The molecule has 0 spiro atoms. The molecule has 2 heterocycles. The molecule has 6 heteroatoms. The van der Waals surface area contributed by atoms with Crippen LogP contribution in [0, 0.1) is 12.8 Å². The van der Waals surface area contributed by atoms with Crippen LogP contribution in [0.5, 0.6) is 5.75 Å². The summed E-state index contributed by atoms with van der Waals surface area (Å²) in [4.78, 5) is 20.3. The molecule has 1 N–H and O–H groups in total. The highest BCUT2D eigenvalue weighted by molar-refractivity contribution is 5.80. The number of nitrogens with one attached hydrogen (secondary N) is 1. The Labute approximate surface area is 212 Å². The summed E-state index contributed by atoms with van der Waals surface area (Å²) in [5.74, 6) is 1.95. The lowest BCUT2D eigenvalue weighted by Gasteiger charge is -2.32. The molecule has 0 bridgehead atoms. The number of para-hydroxylation sites is 3. The highest BCUT2D eigenvalue weighted by Crippen LogP contribution is 2.28. The Morgan fingerprint density at radius 1 is 0.972 bits per heavy atom. The van der Waals surface area contributed by atoms with Crippen LogP contribution in [-0.2, 0) is 17.9 Å². The Kier molecular flexibility index (Phi) is 7.21. The van der Waals surface area contributed by atoms with Gasteiger partial charge in [-0.05, 0) is 56.0 Å². The molecule has 1 saturated heterocycles. The summed E-state index contributed by atoms with van der Waals surface area (Å²) in [5.41, 5.74) is 5.73. The van der Waals surface area contributed by atoms with Gasteiger partial charge in [-0.3, -0.25) is 4.79 Å². The van der Waals surface area contributed by atoms with Crippen molar-refractivity contribution in [2.45, 2.75) is 39.8 Å². The molecule has 0 aliphatic carbocycles. The molecule has 3 aromatic carbocycles. The maximum absolute atomic E-state index is 13.0. The van der Waals surface area contributed by atoms with Crippen molar-refractivity contribution in [3.05, 3.63) is 89.5 Å². The SMILES string of the molecule is CCOc1ccccc1CNC(=O)C1CCN(c2nc3ccccc3n2Cc2ccccc2C)CC1. The summed E-state index contributed by atoms with van der Waals surface area (Å²) in [6.07, 6.45) is 1.62. The van der Waals surface area contributed by atoms with Crippen molar-refractivity contribution in [2.24, 2.45) is 5.92 Å². The van der Waals surface area contributed by atoms with Crippen LogP contribution in [0.3, 0.4) is 0 Å². The van der Waals surface area contributed by atoms with Crippen LogP contribution >= 0.6 is 0 Å². The number of carbonyl (C=O) groups excluding carboxylic acids is 1. The topological polar surface area (TPSA) is 59.4 Å². The molecule has 0 radical (unpaired) electrons. The minimum atomic E-state index is 0.00898. The Balaban J connectivity index is 1.27. The van der Waals surface area contributed by atoms with E-state index in [2.05, 4.69) is 64.2 Å². The average molecular weight is 483 g/mol. The minimum Gasteiger partial charge on any atom is -0.494 e. The summed E-state index contributed by atoms with van der Waals surface area (Å²) in [6.45, 7) is 7.63. The second kappa shape index (κ2) is 10.9. The number of aryl methyl sites for hydroxylation is 1. The fourth-order valence-corrected chi connectivity index (χ4v) is 5.03. The van der Waals surface area contributed by atoms with Crippen LogP contribution in [-0.4, -0.2) is 35.2 Å². The first-order chi connectivity index (χ1) is 17.6. The van der Waals surface area contributed by atoms with Crippen LogP contribution in [0.4, 0.5) is 5.95 Å². The second-order valence-corrected chi connectivity index (χ2v) is 9.43.